The molecule has 1 atom stereocenters. The molecule has 2 aromatic rings. The Morgan fingerprint density at radius 2 is 1.76 bits per heavy atom. The lowest BCUT2D eigenvalue weighted by Gasteiger charge is -2.11. The molecule has 0 saturated heterocycles. The number of ketones is 1. The number of rotatable bonds is 5. The molecular formula is C19H19NO. The summed E-state index contributed by atoms with van der Waals surface area (Å²) in [6.45, 7) is 3.98. The molecule has 0 bridgehead atoms. The van der Waals surface area contributed by atoms with Crippen molar-refractivity contribution in [3.05, 3.63) is 70.8 Å². The van der Waals surface area contributed by atoms with Crippen molar-refractivity contribution >= 4 is 5.78 Å². The molecule has 2 heteroatoms. The van der Waals surface area contributed by atoms with E-state index in [1.807, 2.05) is 62.4 Å². The van der Waals surface area contributed by atoms with E-state index >= 15 is 0 Å². The standard InChI is InChI=1S/C19H19NO/c1-14-7-9-16(10-8-14)11-12-19(21)18(13-20)17-6-4-3-5-15(17)2/h3-10,18H,11-12H2,1-2H3. The van der Waals surface area contributed by atoms with Gasteiger partial charge in [0.15, 0.2) is 5.78 Å². The Kier molecular flexibility index (Phi) is 4.90. The molecule has 0 N–H and O–H groups in total. The summed E-state index contributed by atoms with van der Waals surface area (Å²) in [4.78, 5) is 12.3. The maximum Gasteiger partial charge on any atom is 0.154 e. The first-order valence-electron chi connectivity index (χ1n) is 7.15. The second kappa shape index (κ2) is 6.85. The maximum atomic E-state index is 12.3. The van der Waals surface area contributed by atoms with Gasteiger partial charge in [0.05, 0.1) is 6.07 Å². The highest BCUT2D eigenvalue weighted by molar-refractivity contribution is 5.88. The molecule has 2 nitrogen and oxygen atoms in total. The van der Waals surface area contributed by atoms with E-state index < -0.39 is 5.92 Å². The quantitative estimate of drug-likeness (QED) is 0.825. The summed E-state index contributed by atoms with van der Waals surface area (Å²) in [5.74, 6) is -0.663. The first kappa shape index (κ1) is 15.0. The Labute approximate surface area is 126 Å². The molecular weight excluding hydrogens is 258 g/mol. The maximum absolute atomic E-state index is 12.3. The van der Waals surface area contributed by atoms with Crippen molar-refractivity contribution in [2.24, 2.45) is 0 Å². The van der Waals surface area contributed by atoms with Crippen LogP contribution in [-0.4, -0.2) is 5.78 Å². The molecule has 0 amide bonds. The highest BCUT2D eigenvalue weighted by Gasteiger charge is 2.21. The number of hydrogen-bond donors (Lipinski definition) is 0. The van der Waals surface area contributed by atoms with E-state index in [0.29, 0.717) is 12.8 Å². The van der Waals surface area contributed by atoms with Gasteiger partial charge in [-0.2, -0.15) is 5.26 Å². The fourth-order valence-electron chi connectivity index (χ4n) is 2.39. The van der Waals surface area contributed by atoms with Gasteiger partial charge in [0.1, 0.15) is 5.92 Å². The van der Waals surface area contributed by atoms with Crippen LogP contribution in [0.4, 0.5) is 0 Å². The molecule has 0 spiro atoms. The van der Waals surface area contributed by atoms with Crippen LogP contribution >= 0.6 is 0 Å². The first-order valence-corrected chi connectivity index (χ1v) is 7.15. The number of nitriles is 1. The lowest BCUT2D eigenvalue weighted by atomic mass is 9.90. The molecule has 1 unspecified atom stereocenters. The molecule has 0 radical (unpaired) electrons. The predicted octanol–water partition coefficient (Wildman–Crippen LogP) is 4.11. The summed E-state index contributed by atoms with van der Waals surface area (Å²) in [6.07, 6.45) is 1.08. The van der Waals surface area contributed by atoms with E-state index in [2.05, 4.69) is 6.07 Å². The van der Waals surface area contributed by atoms with Crippen molar-refractivity contribution in [3.8, 4) is 6.07 Å². The van der Waals surface area contributed by atoms with Crippen LogP contribution in [0.5, 0.6) is 0 Å². The highest BCUT2D eigenvalue weighted by atomic mass is 16.1. The molecule has 0 aromatic heterocycles. The first-order chi connectivity index (χ1) is 10.1. The van der Waals surface area contributed by atoms with E-state index in [0.717, 1.165) is 16.7 Å². The van der Waals surface area contributed by atoms with Crippen molar-refractivity contribution in [1.82, 2.24) is 0 Å². The van der Waals surface area contributed by atoms with Crippen LogP contribution in [0.2, 0.25) is 0 Å². The summed E-state index contributed by atoms with van der Waals surface area (Å²) in [5.41, 5.74) is 4.16. The van der Waals surface area contributed by atoms with E-state index in [1.54, 1.807) is 0 Å². The van der Waals surface area contributed by atoms with Crippen LogP contribution in [0.1, 0.15) is 34.6 Å². The van der Waals surface area contributed by atoms with Gasteiger partial charge in [-0.05, 0) is 37.0 Å². The van der Waals surface area contributed by atoms with Crippen molar-refractivity contribution < 1.29 is 4.79 Å². The van der Waals surface area contributed by atoms with Gasteiger partial charge in [0, 0.05) is 6.42 Å². The second-order valence-corrected chi connectivity index (χ2v) is 5.37. The normalized spacial score (nSPS) is 11.7. The third-order valence-electron chi connectivity index (χ3n) is 3.73. The van der Waals surface area contributed by atoms with Gasteiger partial charge < -0.3 is 0 Å². The number of carbonyl (C=O) groups excluding carboxylic acids is 1. The predicted molar refractivity (Wildman–Crippen MR) is 84.0 cm³/mol. The third-order valence-corrected chi connectivity index (χ3v) is 3.73. The Morgan fingerprint density at radius 3 is 2.38 bits per heavy atom. The molecule has 0 saturated carbocycles. The van der Waals surface area contributed by atoms with Gasteiger partial charge >= 0.3 is 0 Å². The summed E-state index contributed by atoms with van der Waals surface area (Å²) in [5, 5.41) is 9.34. The minimum absolute atomic E-state index is 0.00706. The topological polar surface area (TPSA) is 40.9 Å². The van der Waals surface area contributed by atoms with E-state index in [1.165, 1.54) is 5.56 Å². The number of benzene rings is 2. The molecule has 0 aliphatic rings. The fraction of sp³-hybridized carbons (Fsp3) is 0.263. The lowest BCUT2D eigenvalue weighted by molar-refractivity contribution is -0.119. The molecule has 21 heavy (non-hydrogen) atoms. The van der Waals surface area contributed by atoms with E-state index in [4.69, 9.17) is 0 Å². The Morgan fingerprint density at radius 1 is 1.10 bits per heavy atom. The smallest absolute Gasteiger partial charge is 0.154 e. The van der Waals surface area contributed by atoms with Gasteiger partial charge in [0.2, 0.25) is 0 Å². The fourth-order valence-corrected chi connectivity index (χ4v) is 2.39. The van der Waals surface area contributed by atoms with Crippen molar-refractivity contribution in [3.63, 3.8) is 0 Å². The van der Waals surface area contributed by atoms with Crippen molar-refractivity contribution in [2.75, 3.05) is 0 Å². The summed E-state index contributed by atoms with van der Waals surface area (Å²) >= 11 is 0. The largest absolute Gasteiger partial charge is 0.298 e. The number of carbonyl (C=O) groups is 1. The number of Topliss-reactive ketones (excluding diaryl/α,β-unsaturated/α-hetero) is 1. The van der Waals surface area contributed by atoms with E-state index in [-0.39, 0.29) is 5.78 Å². The summed E-state index contributed by atoms with van der Waals surface area (Å²) < 4.78 is 0. The number of hydrogen-bond acceptors (Lipinski definition) is 2. The molecule has 0 aliphatic heterocycles. The lowest BCUT2D eigenvalue weighted by Crippen LogP contribution is -2.13. The molecule has 2 rings (SSSR count). The minimum Gasteiger partial charge on any atom is -0.298 e. The van der Waals surface area contributed by atoms with Crippen LogP contribution in [0.15, 0.2) is 48.5 Å². The molecule has 2 aromatic carbocycles. The van der Waals surface area contributed by atoms with Gasteiger partial charge in [-0.3, -0.25) is 4.79 Å². The van der Waals surface area contributed by atoms with Gasteiger partial charge in [-0.1, -0.05) is 54.1 Å². The van der Waals surface area contributed by atoms with Crippen molar-refractivity contribution in [1.29, 1.82) is 5.26 Å². The second-order valence-electron chi connectivity index (χ2n) is 5.37. The average Bonchev–Trinajstić information content (AvgIpc) is 2.49. The Balaban J connectivity index is 2.06. The molecule has 0 fully saturated rings. The average molecular weight is 277 g/mol. The molecule has 0 aliphatic carbocycles. The monoisotopic (exact) mass is 277 g/mol. The van der Waals surface area contributed by atoms with E-state index in [9.17, 15) is 10.1 Å². The van der Waals surface area contributed by atoms with Crippen LogP contribution in [0.25, 0.3) is 0 Å². The van der Waals surface area contributed by atoms with Crippen LogP contribution in [-0.2, 0) is 11.2 Å². The summed E-state index contributed by atoms with van der Waals surface area (Å²) in [6, 6.07) is 17.9. The SMILES string of the molecule is Cc1ccc(CCC(=O)C(C#N)c2ccccc2C)cc1. The van der Waals surface area contributed by atoms with Crippen LogP contribution < -0.4 is 0 Å². The van der Waals surface area contributed by atoms with Gasteiger partial charge in [-0.15, -0.1) is 0 Å². The third kappa shape index (κ3) is 3.79. The Hall–Kier alpha value is -2.40. The molecule has 106 valence electrons. The number of nitrogens with zero attached hydrogens (tertiary/aromatic N) is 1. The highest BCUT2D eigenvalue weighted by Crippen LogP contribution is 2.22. The van der Waals surface area contributed by atoms with Crippen LogP contribution in [0.3, 0.4) is 0 Å². The number of aryl methyl sites for hydroxylation is 3. The zero-order chi connectivity index (χ0) is 15.2. The van der Waals surface area contributed by atoms with Gasteiger partial charge in [-0.25, -0.2) is 0 Å². The van der Waals surface area contributed by atoms with Gasteiger partial charge in [0.25, 0.3) is 0 Å². The zero-order valence-corrected chi connectivity index (χ0v) is 12.5. The van der Waals surface area contributed by atoms with Crippen molar-refractivity contribution in [2.45, 2.75) is 32.6 Å². The Bertz CT molecular complexity index is 665. The minimum atomic E-state index is -0.656. The van der Waals surface area contributed by atoms with Crippen LogP contribution in [0, 0.1) is 25.2 Å². The molecule has 0 heterocycles. The summed E-state index contributed by atoms with van der Waals surface area (Å²) in [7, 11) is 0. The zero-order valence-electron chi connectivity index (χ0n) is 12.5.